The molecular weight excluding hydrogens is 164 g/mol. The molecule has 2 heterocycles. The third-order valence-electron chi connectivity index (χ3n) is 2.25. The molecule has 1 aromatic rings. The van der Waals surface area contributed by atoms with Crippen molar-refractivity contribution in [1.82, 2.24) is 10.3 Å². The first-order valence-electron chi connectivity index (χ1n) is 4.66. The maximum atomic E-state index is 5.70. The largest absolute Gasteiger partial charge is 0.372 e. The number of rotatable bonds is 3. The molecule has 1 fully saturated rings. The Kier molecular flexibility index (Phi) is 2.90. The van der Waals surface area contributed by atoms with Gasteiger partial charge in [0.25, 0.3) is 0 Å². The van der Waals surface area contributed by atoms with Gasteiger partial charge in [-0.05, 0) is 30.7 Å². The second kappa shape index (κ2) is 4.35. The summed E-state index contributed by atoms with van der Waals surface area (Å²) in [5, 5.41) is 3.27. The van der Waals surface area contributed by atoms with E-state index < -0.39 is 0 Å². The van der Waals surface area contributed by atoms with Crippen molar-refractivity contribution in [3.8, 4) is 0 Å². The van der Waals surface area contributed by atoms with E-state index in [0.717, 1.165) is 19.5 Å². The number of aromatic nitrogens is 1. The molecule has 0 spiro atoms. The number of ether oxygens (including phenoxy) is 1. The number of pyridine rings is 1. The fourth-order valence-corrected chi connectivity index (χ4v) is 1.46. The van der Waals surface area contributed by atoms with Crippen LogP contribution in [0.15, 0.2) is 24.5 Å². The summed E-state index contributed by atoms with van der Waals surface area (Å²) in [6.45, 7) is 2.78. The minimum Gasteiger partial charge on any atom is -0.372 e. The van der Waals surface area contributed by atoms with Crippen LogP contribution in [0.3, 0.4) is 0 Å². The lowest BCUT2D eigenvalue weighted by molar-refractivity contribution is 0.0542. The van der Waals surface area contributed by atoms with Gasteiger partial charge in [-0.15, -0.1) is 0 Å². The molecule has 0 amide bonds. The molecule has 1 atom stereocenters. The lowest BCUT2D eigenvalue weighted by Gasteiger charge is -2.09. The van der Waals surface area contributed by atoms with Crippen LogP contribution in [-0.2, 0) is 11.3 Å². The van der Waals surface area contributed by atoms with Gasteiger partial charge in [-0.3, -0.25) is 4.98 Å². The lowest BCUT2D eigenvalue weighted by atomic mass is 10.3. The van der Waals surface area contributed by atoms with Crippen LogP contribution in [0.5, 0.6) is 0 Å². The number of nitrogens with zero attached hydrogens (tertiary/aromatic N) is 1. The van der Waals surface area contributed by atoms with E-state index in [9.17, 15) is 0 Å². The molecule has 0 radical (unpaired) electrons. The fourth-order valence-electron chi connectivity index (χ4n) is 1.46. The van der Waals surface area contributed by atoms with Crippen LogP contribution in [0.4, 0.5) is 0 Å². The first-order valence-corrected chi connectivity index (χ1v) is 4.66. The van der Waals surface area contributed by atoms with E-state index in [1.807, 2.05) is 12.1 Å². The van der Waals surface area contributed by atoms with Crippen molar-refractivity contribution in [1.29, 1.82) is 0 Å². The minimum atomic E-state index is 0.396. The molecule has 0 saturated carbocycles. The summed E-state index contributed by atoms with van der Waals surface area (Å²) in [5.41, 5.74) is 1.20. The molecule has 2 rings (SSSR count). The van der Waals surface area contributed by atoms with Crippen LogP contribution in [0.2, 0.25) is 0 Å². The van der Waals surface area contributed by atoms with Crippen molar-refractivity contribution in [2.45, 2.75) is 19.1 Å². The Bertz CT molecular complexity index is 244. The average Bonchev–Trinajstić information content (AvgIpc) is 2.69. The van der Waals surface area contributed by atoms with Crippen LogP contribution < -0.4 is 5.32 Å². The Balaban J connectivity index is 1.79. The minimum absolute atomic E-state index is 0.396. The highest BCUT2D eigenvalue weighted by Crippen LogP contribution is 2.07. The lowest BCUT2D eigenvalue weighted by Crippen LogP contribution is -2.16. The predicted octanol–water partition coefficient (Wildman–Crippen LogP) is 0.960. The van der Waals surface area contributed by atoms with Gasteiger partial charge >= 0.3 is 0 Å². The molecule has 1 saturated heterocycles. The van der Waals surface area contributed by atoms with E-state index >= 15 is 0 Å². The molecule has 3 nitrogen and oxygen atoms in total. The molecule has 1 unspecified atom stereocenters. The highest BCUT2D eigenvalue weighted by molar-refractivity contribution is 5.08. The third kappa shape index (κ3) is 2.50. The molecule has 1 aliphatic rings. The standard InChI is InChI=1S/C10H14N2O/c1-4-11-5-2-9(1)8-13-10-3-6-12-7-10/h1-2,4-5,10,12H,3,6-8H2. The van der Waals surface area contributed by atoms with Crippen molar-refractivity contribution >= 4 is 0 Å². The molecular formula is C10H14N2O. The van der Waals surface area contributed by atoms with E-state index in [2.05, 4.69) is 10.3 Å². The molecule has 13 heavy (non-hydrogen) atoms. The van der Waals surface area contributed by atoms with Gasteiger partial charge in [-0.25, -0.2) is 0 Å². The average molecular weight is 178 g/mol. The van der Waals surface area contributed by atoms with Crippen molar-refractivity contribution in [3.63, 3.8) is 0 Å². The maximum Gasteiger partial charge on any atom is 0.0722 e. The Morgan fingerprint density at radius 1 is 1.46 bits per heavy atom. The highest BCUT2D eigenvalue weighted by atomic mass is 16.5. The van der Waals surface area contributed by atoms with Crippen molar-refractivity contribution < 1.29 is 4.74 Å². The zero-order valence-corrected chi connectivity index (χ0v) is 7.57. The van der Waals surface area contributed by atoms with E-state index in [4.69, 9.17) is 4.74 Å². The highest BCUT2D eigenvalue weighted by Gasteiger charge is 2.14. The summed E-state index contributed by atoms with van der Waals surface area (Å²) < 4.78 is 5.70. The molecule has 3 heteroatoms. The van der Waals surface area contributed by atoms with Gasteiger partial charge in [0, 0.05) is 18.9 Å². The van der Waals surface area contributed by atoms with Gasteiger partial charge in [-0.2, -0.15) is 0 Å². The summed E-state index contributed by atoms with van der Waals surface area (Å²) in [5.74, 6) is 0. The molecule has 1 aromatic heterocycles. The summed E-state index contributed by atoms with van der Waals surface area (Å²) >= 11 is 0. The first kappa shape index (κ1) is 8.66. The normalized spacial score (nSPS) is 22.0. The van der Waals surface area contributed by atoms with Gasteiger partial charge < -0.3 is 10.1 Å². The van der Waals surface area contributed by atoms with Gasteiger partial charge in [0.15, 0.2) is 0 Å². The van der Waals surface area contributed by atoms with Crippen molar-refractivity contribution in [3.05, 3.63) is 30.1 Å². The van der Waals surface area contributed by atoms with Crippen LogP contribution in [0, 0.1) is 0 Å². The number of nitrogens with one attached hydrogen (secondary N) is 1. The monoisotopic (exact) mass is 178 g/mol. The van der Waals surface area contributed by atoms with Crippen LogP contribution >= 0.6 is 0 Å². The topological polar surface area (TPSA) is 34.1 Å². The third-order valence-corrected chi connectivity index (χ3v) is 2.25. The van der Waals surface area contributed by atoms with Crippen molar-refractivity contribution in [2.24, 2.45) is 0 Å². The summed E-state index contributed by atoms with van der Waals surface area (Å²) in [7, 11) is 0. The predicted molar refractivity (Wildman–Crippen MR) is 50.3 cm³/mol. The fraction of sp³-hybridized carbons (Fsp3) is 0.500. The first-order chi connectivity index (χ1) is 6.45. The van der Waals surface area contributed by atoms with E-state index in [0.29, 0.717) is 12.7 Å². The van der Waals surface area contributed by atoms with E-state index in [1.54, 1.807) is 12.4 Å². The summed E-state index contributed by atoms with van der Waals surface area (Å²) in [4.78, 5) is 3.96. The van der Waals surface area contributed by atoms with E-state index in [-0.39, 0.29) is 0 Å². The Morgan fingerprint density at radius 3 is 3.00 bits per heavy atom. The molecule has 1 N–H and O–H groups in total. The summed E-state index contributed by atoms with van der Waals surface area (Å²) in [6.07, 6.45) is 5.12. The van der Waals surface area contributed by atoms with Crippen LogP contribution in [0.1, 0.15) is 12.0 Å². The zero-order valence-electron chi connectivity index (χ0n) is 7.57. The number of hydrogen-bond acceptors (Lipinski definition) is 3. The quantitative estimate of drug-likeness (QED) is 0.748. The SMILES string of the molecule is c1cc(COC2CCNC2)ccn1. The van der Waals surface area contributed by atoms with E-state index in [1.165, 1.54) is 5.56 Å². The second-order valence-corrected chi connectivity index (χ2v) is 3.28. The van der Waals surface area contributed by atoms with Gasteiger partial charge in [-0.1, -0.05) is 0 Å². The van der Waals surface area contributed by atoms with Gasteiger partial charge in [0.2, 0.25) is 0 Å². The van der Waals surface area contributed by atoms with Crippen LogP contribution in [0.25, 0.3) is 0 Å². The van der Waals surface area contributed by atoms with Gasteiger partial charge in [0.05, 0.1) is 12.7 Å². The molecule has 0 aliphatic carbocycles. The Labute approximate surface area is 78.1 Å². The molecule has 0 bridgehead atoms. The second-order valence-electron chi connectivity index (χ2n) is 3.28. The Morgan fingerprint density at radius 2 is 2.31 bits per heavy atom. The smallest absolute Gasteiger partial charge is 0.0722 e. The molecule has 70 valence electrons. The molecule has 0 aromatic carbocycles. The zero-order chi connectivity index (χ0) is 8.93. The Hall–Kier alpha value is -0.930. The van der Waals surface area contributed by atoms with Crippen LogP contribution in [-0.4, -0.2) is 24.2 Å². The summed E-state index contributed by atoms with van der Waals surface area (Å²) in [6, 6.07) is 3.98. The number of hydrogen-bond donors (Lipinski definition) is 1. The van der Waals surface area contributed by atoms with Crippen molar-refractivity contribution in [2.75, 3.05) is 13.1 Å². The molecule has 1 aliphatic heterocycles. The van der Waals surface area contributed by atoms with Gasteiger partial charge in [0.1, 0.15) is 0 Å². The maximum absolute atomic E-state index is 5.70.